The molecule has 0 atom stereocenters. The summed E-state index contributed by atoms with van der Waals surface area (Å²) in [5.41, 5.74) is 0. The normalized spacial score (nSPS) is 10.4. The molecule has 0 aliphatic rings. The molecule has 0 saturated carbocycles. The minimum Gasteiger partial charge on any atom is -0.447 e. The Morgan fingerprint density at radius 1 is 1.50 bits per heavy atom. The summed E-state index contributed by atoms with van der Waals surface area (Å²) in [7, 11) is 0. The van der Waals surface area contributed by atoms with E-state index in [2.05, 4.69) is 0 Å². The quantitative estimate of drug-likeness (QED) is 0.748. The van der Waals surface area contributed by atoms with Crippen molar-refractivity contribution in [2.75, 3.05) is 26.3 Å². The van der Waals surface area contributed by atoms with Gasteiger partial charge in [0.15, 0.2) is 0 Å². The van der Waals surface area contributed by atoms with Crippen molar-refractivity contribution in [2.24, 2.45) is 0 Å². The summed E-state index contributed by atoms with van der Waals surface area (Å²) in [6, 6.07) is 0. The van der Waals surface area contributed by atoms with E-state index in [1.54, 1.807) is 36.9 Å². The topological polar surface area (TPSA) is 59.0 Å². The lowest BCUT2D eigenvalue weighted by Crippen LogP contribution is -2.37. The van der Waals surface area contributed by atoms with Crippen molar-refractivity contribution in [3.63, 3.8) is 0 Å². The number of carbonyl (C=O) groups is 1. The van der Waals surface area contributed by atoms with Gasteiger partial charge in [-0.1, -0.05) is 0 Å². The van der Waals surface area contributed by atoms with Gasteiger partial charge in [-0.3, -0.25) is 0 Å². The lowest BCUT2D eigenvalue weighted by Gasteiger charge is -2.21. The summed E-state index contributed by atoms with van der Waals surface area (Å²) in [4.78, 5) is 12.8. The van der Waals surface area contributed by atoms with Gasteiger partial charge in [-0.05, 0) is 13.8 Å². The Labute approximate surface area is 98.0 Å². The number of aliphatic hydroxyl groups is 1. The summed E-state index contributed by atoms with van der Waals surface area (Å²) in [6.07, 6.45) is -0.563. The standard InChI is InChI=1S/C8H16INO4/c1-7(2)14-8(12)10(3-5-11)4-6-13-9/h7,11H,3-6H2,1-2H3. The van der Waals surface area contributed by atoms with E-state index in [4.69, 9.17) is 12.9 Å². The summed E-state index contributed by atoms with van der Waals surface area (Å²) >= 11 is 1.76. The number of amides is 1. The highest BCUT2D eigenvalue weighted by Crippen LogP contribution is 1.99. The number of rotatable bonds is 6. The molecular weight excluding hydrogens is 301 g/mol. The highest BCUT2D eigenvalue weighted by molar-refractivity contribution is 14.1. The van der Waals surface area contributed by atoms with Gasteiger partial charge in [0.25, 0.3) is 0 Å². The maximum Gasteiger partial charge on any atom is 0.410 e. The van der Waals surface area contributed by atoms with Crippen molar-refractivity contribution >= 4 is 29.1 Å². The molecule has 0 aromatic heterocycles. The van der Waals surface area contributed by atoms with Crippen LogP contribution in [-0.2, 0) is 7.80 Å². The molecule has 0 fully saturated rings. The first kappa shape index (κ1) is 13.9. The average Bonchev–Trinajstić information content (AvgIpc) is 2.10. The molecule has 0 rings (SSSR count). The molecule has 0 aliphatic heterocycles. The van der Waals surface area contributed by atoms with Crippen molar-refractivity contribution in [3.05, 3.63) is 0 Å². The third-order valence-corrected chi connectivity index (χ3v) is 1.84. The minimum atomic E-state index is -0.414. The number of halogens is 1. The van der Waals surface area contributed by atoms with Gasteiger partial charge in [-0.25, -0.2) is 4.79 Å². The third kappa shape index (κ3) is 6.39. The second-order valence-electron chi connectivity index (χ2n) is 2.96. The predicted molar refractivity (Wildman–Crippen MR) is 60.2 cm³/mol. The third-order valence-electron chi connectivity index (χ3n) is 1.40. The van der Waals surface area contributed by atoms with Gasteiger partial charge in [-0.15, -0.1) is 0 Å². The number of aliphatic hydroxyl groups excluding tert-OH is 1. The molecule has 5 nitrogen and oxygen atoms in total. The van der Waals surface area contributed by atoms with E-state index >= 15 is 0 Å². The first-order valence-electron chi connectivity index (χ1n) is 4.41. The van der Waals surface area contributed by atoms with E-state index in [-0.39, 0.29) is 19.3 Å². The van der Waals surface area contributed by atoms with Crippen LogP contribution < -0.4 is 0 Å². The Hall–Kier alpha value is -0.0800. The molecule has 0 saturated heterocycles. The monoisotopic (exact) mass is 317 g/mol. The van der Waals surface area contributed by atoms with Gasteiger partial charge in [0, 0.05) is 13.1 Å². The van der Waals surface area contributed by atoms with Crippen LogP contribution in [0.2, 0.25) is 0 Å². The molecule has 0 spiro atoms. The van der Waals surface area contributed by atoms with Crippen LogP contribution in [0.5, 0.6) is 0 Å². The second-order valence-corrected chi connectivity index (χ2v) is 3.58. The summed E-state index contributed by atoms with van der Waals surface area (Å²) < 4.78 is 9.79. The van der Waals surface area contributed by atoms with Gasteiger partial charge in [-0.2, -0.15) is 0 Å². The Kier molecular flexibility index (Phi) is 8.20. The minimum absolute atomic E-state index is 0.0750. The van der Waals surface area contributed by atoms with Gasteiger partial charge >= 0.3 is 6.09 Å². The van der Waals surface area contributed by atoms with E-state index < -0.39 is 6.09 Å². The summed E-state index contributed by atoms with van der Waals surface area (Å²) in [6.45, 7) is 4.61. The molecule has 6 heteroatoms. The zero-order chi connectivity index (χ0) is 11.0. The molecule has 0 aromatic carbocycles. The molecule has 1 N–H and O–H groups in total. The molecule has 84 valence electrons. The number of ether oxygens (including phenoxy) is 1. The van der Waals surface area contributed by atoms with Crippen LogP contribution in [0.25, 0.3) is 0 Å². The van der Waals surface area contributed by atoms with Crippen LogP contribution in [0.3, 0.4) is 0 Å². The predicted octanol–water partition coefficient (Wildman–Crippen LogP) is 1.19. The molecule has 0 unspecified atom stereocenters. The average molecular weight is 317 g/mol. The van der Waals surface area contributed by atoms with Crippen molar-refractivity contribution in [2.45, 2.75) is 20.0 Å². The smallest absolute Gasteiger partial charge is 0.410 e. The molecule has 0 aromatic rings. The second kappa shape index (κ2) is 8.25. The fraction of sp³-hybridized carbons (Fsp3) is 0.875. The van der Waals surface area contributed by atoms with Crippen molar-refractivity contribution < 1.29 is 17.7 Å². The number of nitrogens with zero attached hydrogens (tertiary/aromatic N) is 1. The van der Waals surface area contributed by atoms with Crippen molar-refractivity contribution in [1.82, 2.24) is 4.90 Å². The zero-order valence-corrected chi connectivity index (χ0v) is 10.6. The van der Waals surface area contributed by atoms with Gasteiger partial charge < -0.3 is 17.8 Å². The first-order chi connectivity index (χ1) is 6.61. The van der Waals surface area contributed by atoms with E-state index in [1.165, 1.54) is 4.90 Å². The fourth-order valence-electron chi connectivity index (χ4n) is 0.836. The Bertz CT molecular complexity index is 165. The van der Waals surface area contributed by atoms with Crippen LogP contribution in [0, 0.1) is 0 Å². The van der Waals surface area contributed by atoms with Crippen molar-refractivity contribution in [3.8, 4) is 0 Å². The van der Waals surface area contributed by atoms with Crippen LogP contribution in [0.15, 0.2) is 0 Å². The Balaban J connectivity index is 3.97. The summed E-state index contributed by atoms with van der Waals surface area (Å²) in [5.74, 6) is 0. The van der Waals surface area contributed by atoms with Crippen molar-refractivity contribution in [1.29, 1.82) is 0 Å². The maximum atomic E-state index is 11.4. The Morgan fingerprint density at radius 3 is 2.57 bits per heavy atom. The lowest BCUT2D eigenvalue weighted by atomic mass is 10.5. The van der Waals surface area contributed by atoms with Crippen LogP contribution >= 0.6 is 23.0 Å². The van der Waals surface area contributed by atoms with Gasteiger partial charge in [0.1, 0.15) is 23.0 Å². The molecule has 0 aliphatic carbocycles. The van der Waals surface area contributed by atoms with E-state index in [0.29, 0.717) is 13.2 Å². The highest BCUT2D eigenvalue weighted by atomic mass is 127. The molecule has 0 heterocycles. The van der Waals surface area contributed by atoms with E-state index in [1.807, 2.05) is 0 Å². The largest absolute Gasteiger partial charge is 0.447 e. The van der Waals surface area contributed by atoms with E-state index in [0.717, 1.165) is 0 Å². The Morgan fingerprint density at radius 2 is 2.14 bits per heavy atom. The zero-order valence-electron chi connectivity index (χ0n) is 8.40. The first-order valence-corrected chi connectivity index (χ1v) is 5.29. The highest BCUT2D eigenvalue weighted by Gasteiger charge is 2.15. The lowest BCUT2D eigenvalue weighted by molar-refractivity contribution is 0.0679. The van der Waals surface area contributed by atoms with Gasteiger partial charge in [0.05, 0.1) is 19.3 Å². The van der Waals surface area contributed by atoms with Crippen LogP contribution in [-0.4, -0.2) is 48.5 Å². The fourth-order valence-corrected chi connectivity index (χ4v) is 1.03. The van der Waals surface area contributed by atoms with Crippen LogP contribution in [0.1, 0.15) is 13.8 Å². The van der Waals surface area contributed by atoms with Crippen LogP contribution in [0.4, 0.5) is 4.79 Å². The summed E-state index contributed by atoms with van der Waals surface area (Å²) in [5, 5.41) is 8.73. The number of carbonyl (C=O) groups excluding carboxylic acids is 1. The molecule has 1 amide bonds. The van der Waals surface area contributed by atoms with E-state index in [9.17, 15) is 4.79 Å². The molecule has 0 radical (unpaired) electrons. The SMILES string of the molecule is CC(C)OC(=O)N(CCO)CCOI. The van der Waals surface area contributed by atoms with Gasteiger partial charge in [0.2, 0.25) is 0 Å². The molecule has 0 bridgehead atoms. The maximum absolute atomic E-state index is 11.4. The number of hydrogen-bond donors (Lipinski definition) is 1. The number of hydrogen-bond acceptors (Lipinski definition) is 4. The molecule has 14 heavy (non-hydrogen) atoms. The molecular formula is C8H16INO4.